The Kier molecular flexibility index (Phi) is 8.00. The molecule has 10 nitrogen and oxygen atoms in total. The fraction of sp³-hybridized carbons (Fsp3) is 0.176. The first-order valence-electron chi connectivity index (χ1n) is 14.8. The molecular formula is C34H32ClN9O. The SMILES string of the molecule is CN1CCN(Cc2ccc(NC(=O)Nc3cccc(-c4cn5ccnc5c(-n5ccnc5-c5ccc(Cl)cc5)n4)c3)cc2)CC1. The molecule has 4 heterocycles. The number of nitrogens with one attached hydrogen (secondary N) is 2. The first kappa shape index (κ1) is 28.7. The van der Waals surface area contributed by atoms with E-state index in [-0.39, 0.29) is 6.03 Å². The number of hydrogen-bond acceptors (Lipinski definition) is 6. The number of likely N-dealkylation sites (N-methyl/N-ethyl adjacent to an activating group) is 1. The van der Waals surface area contributed by atoms with Crippen LogP contribution >= 0.6 is 11.6 Å². The van der Waals surface area contributed by atoms with Gasteiger partial charge in [-0.15, -0.1) is 0 Å². The van der Waals surface area contributed by atoms with Gasteiger partial charge in [-0.05, 0) is 61.1 Å². The molecular weight excluding hydrogens is 586 g/mol. The van der Waals surface area contributed by atoms with Crippen molar-refractivity contribution in [3.63, 3.8) is 0 Å². The summed E-state index contributed by atoms with van der Waals surface area (Å²) in [5, 5.41) is 6.56. The van der Waals surface area contributed by atoms with Crippen molar-refractivity contribution in [1.82, 2.24) is 33.7 Å². The first-order valence-corrected chi connectivity index (χ1v) is 15.2. The maximum atomic E-state index is 12.9. The highest BCUT2D eigenvalue weighted by atomic mass is 35.5. The maximum absolute atomic E-state index is 12.9. The summed E-state index contributed by atoms with van der Waals surface area (Å²) >= 11 is 6.12. The highest BCUT2D eigenvalue weighted by Gasteiger charge is 2.17. The van der Waals surface area contributed by atoms with Gasteiger partial charge in [-0.3, -0.25) is 9.47 Å². The molecule has 0 radical (unpaired) electrons. The Labute approximate surface area is 265 Å². The number of carbonyl (C=O) groups excluding carboxylic acids is 1. The summed E-state index contributed by atoms with van der Waals surface area (Å²) in [6.07, 6.45) is 9.15. The molecule has 2 N–H and O–H groups in total. The highest BCUT2D eigenvalue weighted by molar-refractivity contribution is 6.30. The molecule has 45 heavy (non-hydrogen) atoms. The molecule has 0 atom stereocenters. The second kappa shape index (κ2) is 12.5. The standard InChI is InChI=1S/C34H32ClN9O/c1-41-17-19-42(20-18-41)22-24-5-11-28(12-6-24)38-34(45)39-29-4-2-3-26(21-29)30-23-43-15-13-37-32(43)33(40-30)44-16-14-36-31(44)25-7-9-27(35)10-8-25/h2-16,21,23H,17-20,22H2,1H3,(H2,38,39,45). The van der Waals surface area contributed by atoms with E-state index in [4.69, 9.17) is 16.6 Å². The van der Waals surface area contributed by atoms with Gasteiger partial charge in [0.25, 0.3) is 0 Å². The topological polar surface area (TPSA) is 95.6 Å². The van der Waals surface area contributed by atoms with E-state index in [2.05, 4.69) is 49.6 Å². The number of amides is 2. The number of benzene rings is 3. The number of halogens is 1. The summed E-state index contributed by atoms with van der Waals surface area (Å²) in [5.74, 6) is 1.35. The van der Waals surface area contributed by atoms with Crippen LogP contribution in [0.2, 0.25) is 5.02 Å². The first-order chi connectivity index (χ1) is 22.0. The predicted molar refractivity (Wildman–Crippen MR) is 178 cm³/mol. The Morgan fingerprint density at radius 2 is 1.60 bits per heavy atom. The van der Waals surface area contributed by atoms with Gasteiger partial charge in [0.1, 0.15) is 5.82 Å². The van der Waals surface area contributed by atoms with Crippen LogP contribution in [0.25, 0.3) is 34.1 Å². The quantitative estimate of drug-likeness (QED) is 0.218. The fourth-order valence-corrected chi connectivity index (χ4v) is 5.64. The summed E-state index contributed by atoms with van der Waals surface area (Å²) in [7, 11) is 2.16. The van der Waals surface area contributed by atoms with E-state index in [1.165, 1.54) is 5.56 Å². The van der Waals surface area contributed by atoms with Crippen LogP contribution in [0.4, 0.5) is 16.2 Å². The van der Waals surface area contributed by atoms with Crippen molar-refractivity contribution in [3.8, 4) is 28.5 Å². The van der Waals surface area contributed by atoms with E-state index in [0.717, 1.165) is 55.4 Å². The number of imidazole rings is 2. The van der Waals surface area contributed by atoms with Crippen molar-refractivity contribution in [2.24, 2.45) is 0 Å². The summed E-state index contributed by atoms with van der Waals surface area (Å²) in [4.78, 5) is 31.9. The molecule has 0 unspecified atom stereocenters. The minimum atomic E-state index is -0.316. The Morgan fingerprint density at radius 3 is 2.40 bits per heavy atom. The van der Waals surface area contributed by atoms with Crippen LogP contribution in [-0.2, 0) is 6.54 Å². The number of piperazine rings is 1. The van der Waals surface area contributed by atoms with Gasteiger partial charge in [0.15, 0.2) is 11.5 Å². The molecule has 226 valence electrons. The lowest BCUT2D eigenvalue weighted by Gasteiger charge is -2.32. The van der Waals surface area contributed by atoms with Crippen molar-refractivity contribution < 1.29 is 4.79 Å². The molecule has 3 aromatic heterocycles. The zero-order valence-corrected chi connectivity index (χ0v) is 25.5. The molecule has 0 spiro atoms. The molecule has 1 fully saturated rings. The molecule has 11 heteroatoms. The summed E-state index contributed by atoms with van der Waals surface area (Å²) in [5.41, 5.74) is 5.77. The van der Waals surface area contributed by atoms with E-state index in [1.807, 2.05) is 88.2 Å². The third-order valence-corrected chi connectivity index (χ3v) is 8.21. The van der Waals surface area contributed by atoms with Crippen LogP contribution in [0.3, 0.4) is 0 Å². The smallest absolute Gasteiger partial charge is 0.308 e. The van der Waals surface area contributed by atoms with E-state index in [9.17, 15) is 4.79 Å². The molecule has 1 saturated heterocycles. The molecule has 2 amide bonds. The van der Waals surface area contributed by atoms with Gasteiger partial charge in [-0.2, -0.15) is 0 Å². The molecule has 0 saturated carbocycles. The third kappa shape index (κ3) is 6.44. The Hall–Kier alpha value is -5.03. The largest absolute Gasteiger partial charge is 0.323 e. The number of aromatic nitrogens is 5. The Morgan fingerprint density at radius 1 is 0.844 bits per heavy atom. The molecule has 7 rings (SSSR count). The number of fused-ring (bicyclic) bond motifs is 1. The van der Waals surface area contributed by atoms with Crippen molar-refractivity contribution in [2.45, 2.75) is 6.54 Å². The average molecular weight is 618 g/mol. The molecule has 3 aromatic carbocycles. The number of urea groups is 1. The van der Waals surface area contributed by atoms with Crippen LogP contribution in [-0.4, -0.2) is 73.0 Å². The molecule has 1 aliphatic heterocycles. The summed E-state index contributed by atoms with van der Waals surface area (Å²) in [6, 6.07) is 22.9. The van der Waals surface area contributed by atoms with Gasteiger partial charge in [-0.25, -0.2) is 19.7 Å². The lowest BCUT2D eigenvalue weighted by molar-refractivity contribution is 0.148. The van der Waals surface area contributed by atoms with Crippen molar-refractivity contribution in [2.75, 3.05) is 43.9 Å². The Bertz CT molecular complexity index is 1940. The van der Waals surface area contributed by atoms with E-state index in [0.29, 0.717) is 27.9 Å². The average Bonchev–Trinajstić information content (AvgIpc) is 3.74. The number of nitrogens with zero attached hydrogens (tertiary/aromatic N) is 7. The van der Waals surface area contributed by atoms with Crippen molar-refractivity contribution in [3.05, 3.63) is 114 Å². The van der Waals surface area contributed by atoms with Crippen molar-refractivity contribution >= 4 is 34.7 Å². The summed E-state index contributed by atoms with van der Waals surface area (Å²) in [6.45, 7) is 5.23. The molecule has 6 aromatic rings. The maximum Gasteiger partial charge on any atom is 0.323 e. The highest BCUT2D eigenvalue weighted by Crippen LogP contribution is 2.28. The number of rotatable bonds is 7. The van der Waals surface area contributed by atoms with Gasteiger partial charge in [0.05, 0.1) is 5.69 Å². The lowest BCUT2D eigenvalue weighted by atomic mass is 10.1. The monoisotopic (exact) mass is 617 g/mol. The molecule has 0 aliphatic carbocycles. The van der Waals surface area contributed by atoms with Gasteiger partial charge in [-0.1, -0.05) is 35.9 Å². The predicted octanol–water partition coefficient (Wildman–Crippen LogP) is 6.29. The van der Waals surface area contributed by atoms with Gasteiger partial charge in [0.2, 0.25) is 0 Å². The van der Waals surface area contributed by atoms with Gasteiger partial charge >= 0.3 is 6.03 Å². The lowest BCUT2D eigenvalue weighted by Crippen LogP contribution is -2.43. The number of anilines is 2. The van der Waals surface area contributed by atoms with E-state index < -0.39 is 0 Å². The summed E-state index contributed by atoms with van der Waals surface area (Å²) < 4.78 is 3.85. The molecule has 0 bridgehead atoms. The van der Waals surface area contributed by atoms with Crippen LogP contribution in [0, 0.1) is 0 Å². The Balaban J connectivity index is 1.08. The second-order valence-electron chi connectivity index (χ2n) is 11.2. The second-order valence-corrected chi connectivity index (χ2v) is 11.6. The van der Waals surface area contributed by atoms with Crippen LogP contribution in [0.15, 0.2) is 104 Å². The minimum Gasteiger partial charge on any atom is -0.308 e. The molecule has 1 aliphatic rings. The van der Waals surface area contributed by atoms with Crippen molar-refractivity contribution in [1.29, 1.82) is 0 Å². The normalized spacial score (nSPS) is 14.1. The van der Waals surface area contributed by atoms with Crippen LogP contribution in [0.1, 0.15) is 5.56 Å². The van der Waals surface area contributed by atoms with Crippen LogP contribution in [0.5, 0.6) is 0 Å². The van der Waals surface area contributed by atoms with E-state index in [1.54, 1.807) is 12.4 Å². The van der Waals surface area contributed by atoms with Crippen LogP contribution < -0.4 is 10.6 Å². The number of hydrogen-bond donors (Lipinski definition) is 2. The number of carbonyl (C=O) groups is 1. The zero-order valence-electron chi connectivity index (χ0n) is 24.8. The third-order valence-electron chi connectivity index (χ3n) is 7.96. The minimum absolute atomic E-state index is 0.316. The zero-order chi connectivity index (χ0) is 30.8. The van der Waals surface area contributed by atoms with E-state index >= 15 is 0 Å². The van der Waals surface area contributed by atoms with Gasteiger partial charge in [0, 0.05) is 91.2 Å². The van der Waals surface area contributed by atoms with Gasteiger partial charge < -0.3 is 19.9 Å². The fourth-order valence-electron chi connectivity index (χ4n) is 5.51.